The van der Waals surface area contributed by atoms with Crippen LogP contribution in [0.1, 0.15) is 11.1 Å². The predicted molar refractivity (Wildman–Crippen MR) is 98.6 cm³/mol. The molecular formula is C17H11Cl2FN2O2S. The van der Waals surface area contributed by atoms with Crippen LogP contribution in [0.15, 0.2) is 41.3 Å². The fraction of sp³-hybridized carbons (Fsp3) is 0.0588. The summed E-state index contributed by atoms with van der Waals surface area (Å²) in [5, 5.41) is 10.7. The fourth-order valence-electron chi connectivity index (χ4n) is 2.17. The summed E-state index contributed by atoms with van der Waals surface area (Å²) < 4.78 is 19.6. The van der Waals surface area contributed by atoms with E-state index in [2.05, 4.69) is 5.32 Å². The van der Waals surface area contributed by atoms with Gasteiger partial charge in [-0.3, -0.25) is 10.2 Å². The zero-order valence-electron chi connectivity index (χ0n) is 12.6. The molecule has 8 heteroatoms. The van der Waals surface area contributed by atoms with Gasteiger partial charge in [0.1, 0.15) is 18.2 Å². The molecule has 0 unspecified atom stereocenters. The molecule has 3 rings (SSSR count). The zero-order chi connectivity index (χ0) is 18.0. The highest BCUT2D eigenvalue weighted by molar-refractivity contribution is 8.18. The van der Waals surface area contributed by atoms with Gasteiger partial charge in [0.05, 0.1) is 9.93 Å². The summed E-state index contributed by atoms with van der Waals surface area (Å²) in [6.45, 7) is -0.0710. The first-order valence-electron chi connectivity index (χ1n) is 7.09. The van der Waals surface area contributed by atoms with Crippen molar-refractivity contribution in [3.05, 3.63) is 68.3 Å². The van der Waals surface area contributed by atoms with E-state index in [1.54, 1.807) is 30.3 Å². The monoisotopic (exact) mass is 396 g/mol. The molecule has 1 heterocycles. The highest BCUT2D eigenvalue weighted by Gasteiger charge is 2.23. The molecule has 0 spiro atoms. The maximum absolute atomic E-state index is 13.9. The highest BCUT2D eigenvalue weighted by Crippen LogP contribution is 2.31. The minimum atomic E-state index is -0.458. The molecule has 2 N–H and O–H groups in total. The molecule has 25 heavy (non-hydrogen) atoms. The Hall–Kier alpha value is -2.02. The maximum Gasteiger partial charge on any atom is 0.264 e. The van der Waals surface area contributed by atoms with E-state index in [0.29, 0.717) is 21.2 Å². The van der Waals surface area contributed by atoms with Crippen LogP contribution in [0.5, 0.6) is 5.75 Å². The lowest BCUT2D eigenvalue weighted by Gasteiger charge is -2.12. The summed E-state index contributed by atoms with van der Waals surface area (Å²) in [6.07, 6.45) is 1.58. The number of thioether (sulfide) groups is 1. The second kappa shape index (κ2) is 7.47. The van der Waals surface area contributed by atoms with Crippen LogP contribution in [0.25, 0.3) is 6.08 Å². The number of benzene rings is 2. The second-order valence-corrected chi connectivity index (χ2v) is 6.96. The SMILES string of the molecule is N=C1NC(=O)/C(=C/c2cc(Cl)ccc2OCc2c(F)cccc2Cl)S1. The molecule has 4 nitrogen and oxygen atoms in total. The number of hydrogen-bond donors (Lipinski definition) is 2. The number of carbonyl (C=O) groups is 1. The van der Waals surface area contributed by atoms with Crippen molar-refractivity contribution in [2.24, 2.45) is 0 Å². The Morgan fingerprint density at radius 3 is 2.76 bits per heavy atom. The van der Waals surface area contributed by atoms with Gasteiger partial charge in [0.2, 0.25) is 0 Å². The van der Waals surface area contributed by atoms with Crippen molar-refractivity contribution < 1.29 is 13.9 Å². The maximum atomic E-state index is 13.9. The third-order valence-electron chi connectivity index (χ3n) is 3.36. The van der Waals surface area contributed by atoms with Gasteiger partial charge in [-0.1, -0.05) is 29.3 Å². The number of rotatable bonds is 4. The van der Waals surface area contributed by atoms with Gasteiger partial charge in [-0.25, -0.2) is 4.39 Å². The molecule has 1 aliphatic heterocycles. The Bertz CT molecular complexity index is 882. The van der Waals surface area contributed by atoms with E-state index in [0.717, 1.165) is 11.8 Å². The van der Waals surface area contributed by atoms with Crippen LogP contribution in [0.4, 0.5) is 4.39 Å². The minimum absolute atomic E-state index is 0.0545. The number of hydrogen-bond acceptors (Lipinski definition) is 4. The van der Waals surface area contributed by atoms with Gasteiger partial charge in [0.15, 0.2) is 5.17 Å². The van der Waals surface area contributed by atoms with Gasteiger partial charge in [-0.05, 0) is 48.2 Å². The second-order valence-electron chi connectivity index (χ2n) is 5.06. The normalized spacial score (nSPS) is 15.6. The molecule has 1 fully saturated rings. The molecule has 0 aliphatic carbocycles. The van der Waals surface area contributed by atoms with E-state index < -0.39 is 5.82 Å². The molecule has 1 amide bonds. The number of carbonyl (C=O) groups excluding carboxylic acids is 1. The third kappa shape index (κ3) is 4.15. The van der Waals surface area contributed by atoms with Crippen LogP contribution < -0.4 is 10.1 Å². The first kappa shape index (κ1) is 17.8. The molecular weight excluding hydrogens is 386 g/mol. The molecule has 0 radical (unpaired) electrons. The van der Waals surface area contributed by atoms with Crippen LogP contribution >= 0.6 is 35.0 Å². The lowest BCUT2D eigenvalue weighted by atomic mass is 10.1. The van der Waals surface area contributed by atoms with Crippen LogP contribution in [-0.4, -0.2) is 11.1 Å². The minimum Gasteiger partial charge on any atom is -0.488 e. The Morgan fingerprint density at radius 1 is 1.28 bits per heavy atom. The van der Waals surface area contributed by atoms with E-state index in [1.807, 2.05) is 0 Å². The molecule has 1 saturated heterocycles. The number of amides is 1. The summed E-state index contributed by atoms with van der Waals surface area (Å²) in [6, 6.07) is 9.30. The number of nitrogens with one attached hydrogen (secondary N) is 2. The Kier molecular flexibility index (Phi) is 5.32. The van der Waals surface area contributed by atoms with Crippen molar-refractivity contribution in [1.29, 1.82) is 5.41 Å². The van der Waals surface area contributed by atoms with E-state index in [4.69, 9.17) is 33.3 Å². The summed E-state index contributed by atoms with van der Waals surface area (Å²) in [4.78, 5) is 12.1. The highest BCUT2D eigenvalue weighted by atomic mass is 35.5. The quantitative estimate of drug-likeness (QED) is 0.725. The van der Waals surface area contributed by atoms with Crippen molar-refractivity contribution in [3.63, 3.8) is 0 Å². The summed E-state index contributed by atoms with van der Waals surface area (Å²) in [5.74, 6) is -0.401. The first-order chi connectivity index (χ1) is 11.9. The van der Waals surface area contributed by atoms with Crippen LogP contribution in [0, 0.1) is 11.2 Å². The number of amidine groups is 1. The van der Waals surface area contributed by atoms with Crippen molar-refractivity contribution in [1.82, 2.24) is 5.32 Å². The Balaban J connectivity index is 1.88. The molecule has 2 aromatic carbocycles. The van der Waals surface area contributed by atoms with Crippen molar-refractivity contribution in [3.8, 4) is 5.75 Å². The average molecular weight is 397 g/mol. The van der Waals surface area contributed by atoms with Crippen LogP contribution in [-0.2, 0) is 11.4 Å². The Labute approximate surface area is 157 Å². The molecule has 1 aliphatic rings. The van der Waals surface area contributed by atoms with Gasteiger partial charge in [-0.2, -0.15) is 0 Å². The van der Waals surface area contributed by atoms with E-state index in [9.17, 15) is 9.18 Å². The largest absolute Gasteiger partial charge is 0.488 e. The lowest BCUT2D eigenvalue weighted by molar-refractivity contribution is -0.115. The summed E-state index contributed by atoms with van der Waals surface area (Å²) >= 11 is 13.0. The van der Waals surface area contributed by atoms with Gasteiger partial charge in [0, 0.05) is 16.1 Å². The molecule has 2 aromatic rings. The van der Waals surface area contributed by atoms with Gasteiger partial charge in [0.25, 0.3) is 5.91 Å². The third-order valence-corrected chi connectivity index (χ3v) is 4.77. The predicted octanol–water partition coefficient (Wildman–Crippen LogP) is 4.85. The first-order valence-corrected chi connectivity index (χ1v) is 8.66. The average Bonchev–Trinajstić information content (AvgIpc) is 2.86. The van der Waals surface area contributed by atoms with Crippen molar-refractivity contribution in [2.45, 2.75) is 6.61 Å². The number of ether oxygens (including phenoxy) is 1. The van der Waals surface area contributed by atoms with E-state index in [1.165, 1.54) is 12.1 Å². The van der Waals surface area contributed by atoms with Gasteiger partial charge >= 0.3 is 0 Å². The topological polar surface area (TPSA) is 62.2 Å². The van der Waals surface area contributed by atoms with E-state index in [-0.39, 0.29) is 28.3 Å². The standard InChI is InChI=1S/C17H11Cl2FN2O2S/c18-10-4-5-14(24-8-11-12(19)2-1-3-13(11)20)9(6-10)7-15-16(23)22-17(21)25-15/h1-7H,8H2,(H2,21,22,23)/b15-7-. The zero-order valence-corrected chi connectivity index (χ0v) is 14.9. The summed E-state index contributed by atoms with van der Waals surface area (Å²) in [7, 11) is 0. The molecule has 0 saturated carbocycles. The van der Waals surface area contributed by atoms with Crippen LogP contribution in [0.3, 0.4) is 0 Å². The smallest absolute Gasteiger partial charge is 0.264 e. The van der Waals surface area contributed by atoms with Crippen molar-refractivity contribution >= 4 is 52.1 Å². The Morgan fingerprint density at radius 2 is 2.08 bits per heavy atom. The molecule has 0 aromatic heterocycles. The fourth-order valence-corrected chi connectivity index (χ4v) is 3.26. The molecule has 128 valence electrons. The summed E-state index contributed by atoms with van der Waals surface area (Å²) in [5.41, 5.74) is 0.791. The van der Waals surface area contributed by atoms with Crippen molar-refractivity contribution in [2.75, 3.05) is 0 Å². The number of halogens is 3. The van der Waals surface area contributed by atoms with Crippen LogP contribution in [0.2, 0.25) is 10.0 Å². The van der Waals surface area contributed by atoms with E-state index >= 15 is 0 Å². The van der Waals surface area contributed by atoms with Gasteiger partial charge in [-0.15, -0.1) is 0 Å². The molecule has 0 bridgehead atoms. The van der Waals surface area contributed by atoms with Gasteiger partial charge < -0.3 is 10.1 Å². The lowest BCUT2D eigenvalue weighted by Crippen LogP contribution is -2.18. The molecule has 0 atom stereocenters.